The molecular formula is C21H25IN+. The van der Waals surface area contributed by atoms with E-state index in [-0.39, 0.29) is 0 Å². The molecule has 1 aliphatic rings. The Morgan fingerprint density at radius 2 is 1.48 bits per heavy atom. The van der Waals surface area contributed by atoms with E-state index in [2.05, 4.69) is 89.3 Å². The molecule has 120 valence electrons. The number of hydrogen-bond donors (Lipinski definition) is 0. The molecule has 0 radical (unpaired) electrons. The normalized spacial score (nSPS) is 21.2. The first-order valence-corrected chi connectivity index (χ1v) is 10.0. The summed E-state index contributed by atoms with van der Waals surface area (Å²) >= 11 is 2.59. The van der Waals surface area contributed by atoms with Gasteiger partial charge in [-0.15, -0.1) is 0 Å². The van der Waals surface area contributed by atoms with Crippen LogP contribution in [0.25, 0.3) is 6.08 Å². The van der Waals surface area contributed by atoms with Crippen LogP contribution in [-0.2, 0) is 6.42 Å². The molecule has 0 atom stereocenters. The van der Waals surface area contributed by atoms with E-state index in [4.69, 9.17) is 0 Å². The van der Waals surface area contributed by atoms with Crippen LogP contribution in [0.4, 0.5) is 0 Å². The topological polar surface area (TPSA) is 0 Å². The number of hydrogen-bond acceptors (Lipinski definition) is 0. The van der Waals surface area contributed by atoms with Gasteiger partial charge in [0.1, 0.15) is 4.55 Å². The van der Waals surface area contributed by atoms with Crippen molar-refractivity contribution in [3.05, 3.63) is 77.4 Å². The lowest BCUT2D eigenvalue weighted by Crippen LogP contribution is -2.52. The zero-order chi connectivity index (χ0) is 16.0. The van der Waals surface area contributed by atoms with Gasteiger partial charge < -0.3 is 4.48 Å². The van der Waals surface area contributed by atoms with Gasteiger partial charge in [0.25, 0.3) is 0 Å². The maximum Gasteiger partial charge on any atom is 0.129 e. The van der Waals surface area contributed by atoms with Crippen molar-refractivity contribution in [2.75, 3.05) is 24.2 Å². The molecular weight excluding hydrogens is 393 g/mol. The zero-order valence-electron chi connectivity index (χ0n) is 13.6. The smallest absolute Gasteiger partial charge is 0.129 e. The highest BCUT2D eigenvalue weighted by molar-refractivity contribution is 14.1. The summed E-state index contributed by atoms with van der Waals surface area (Å²) in [5.74, 6) is 0. The minimum atomic E-state index is 1.20. The molecule has 0 aromatic heterocycles. The number of rotatable bonds is 5. The summed E-state index contributed by atoms with van der Waals surface area (Å²) in [7, 11) is 0. The predicted octanol–water partition coefficient (Wildman–Crippen LogP) is 5.32. The summed E-state index contributed by atoms with van der Waals surface area (Å²) in [6.45, 7) is 3.84. The fraction of sp³-hybridized carbons (Fsp3) is 0.333. The Morgan fingerprint density at radius 1 is 0.870 bits per heavy atom. The maximum atomic E-state index is 2.59. The van der Waals surface area contributed by atoms with Gasteiger partial charge in [-0.2, -0.15) is 0 Å². The van der Waals surface area contributed by atoms with Crippen LogP contribution in [-0.4, -0.2) is 28.7 Å². The third kappa shape index (κ3) is 4.67. The second-order valence-corrected chi connectivity index (χ2v) is 7.26. The number of alkyl halides is 1. The fourth-order valence-corrected chi connectivity index (χ4v) is 4.36. The van der Waals surface area contributed by atoms with Crippen LogP contribution in [0, 0.1) is 0 Å². The third-order valence-electron chi connectivity index (χ3n) is 4.96. The number of quaternary nitrogens is 1. The molecule has 1 aliphatic heterocycles. The van der Waals surface area contributed by atoms with E-state index in [1.807, 2.05) is 0 Å². The van der Waals surface area contributed by atoms with Crippen LogP contribution in [0.1, 0.15) is 24.0 Å². The summed E-state index contributed by atoms with van der Waals surface area (Å²) < 4.78 is 2.49. The van der Waals surface area contributed by atoms with E-state index in [1.165, 1.54) is 59.1 Å². The molecule has 3 rings (SSSR count). The number of nitrogens with zero attached hydrogens (tertiary/aromatic N) is 1. The summed E-state index contributed by atoms with van der Waals surface area (Å²) in [4.78, 5) is 0. The molecule has 23 heavy (non-hydrogen) atoms. The highest BCUT2D eigenvalue weighted by Gasteiger charge is 2.30. The van der Waals surface area contributed by atoms with Crippen molar-refractivity contribution in [2.45, 2.75) is 19.3 Å². The van der Waals surface area contributed by atoms with Gasteiger partial charge in [0, 0.05) is 19.3 Å². The van der Waals surface area contributed by atoms with Crippen molar-refractivity contribution in [1.29, 1.82) is 0 Å². The van der Waals surface area contributed by atoms with E-state index in [1.54, 1.807) is 5.57 Å². The quantitative estimate of drug-likeness (QED) is 0.267. The van der Waals surface area contributed by atoms with Crippen LogP contribution in [0.3, 0.4) is 0 Å². The van der Waals surface area contributed by atoms with Gasteiger partial charge in [0.15, 0.2) is 0 Å². The SMILES string of the molecule is IC[N+]1(CCc2ccccc2)CCC(=Cc2ccccc2)CC1. The molecule has 0 amide bonds. The number of likely N-dealkylation sites (tertiary alicyclic amines) is 1. The second-order valence-electron chi connectivity index (χ2n) is 6.58. The Balaban J connectivity index is 1.60. The molecule has 1 fully saturated rings. The lowest BCUT2D eigenvalue weighted by Gasteiger charge is -2.41. The monoisotopic (exact) mass is 418 g/mol. The van der Waals surface area contributed by atoms with E-state index >= 15 is 0 Å². The van der Waals surface area contributed by atoms with Crippen LogP contribution < -0.4 is 0 Å². The molecule has 1 saturated heterocycles. The molecule has 0 bridgehead atoms. The van der Waals surface area contributed by atoms with Gasteiger partial charge >= 0.3 is 0 Å². The lowest BCUT2D eigenvalue weighted by molar-refractivity contribution is -0.915. The average Bonchev–Trinajstić information content (AvgIpc) is 2.63. The number of piperidine rings is 1. The van der Waals surface area contributed by atoms with Crippen LogP contribution in [0.2, 0.25) is 0 Å². The number of benzene rings is 2. The van der Waals surface area contributed by atoms with Gasteiger partial charge in [-0.1, -0.05) is 72.3 Å². The van der Waals surface area contributed by atoms with Crippen molar-refractivity contribution in [2.24, 2.45) is 0 Å². The summed E-state index contributed by atoms with van der Waals surface area (Å²) in [6, 6.07) is 21.7. The molecule has 0 spiro atoms. The van der Waals surface area contributed by atoms with Gasteiger partial charge in [-0.05, 0) is 33.7 Å². The first-order valence-electron chi connectivity index (χ1n) is 8.49. The van der Waals surface area contributed by atoms with Crippen molar-refractivity contribution < 1.29 is 4.48 Å². The summed E-state index contributed by atoms with van der Waals surface area (Å²) in [5.41, 5.74) is 4.44. The highest BCUT2D eigenvalue weighted by atomic mass is 127. The fourth-order valence-electron chi connectivity index (χ4n) is 3.34. The maximum absolute atomic E-state index is 2.59. The Morgan fingerprint density at radius 3 is 2.09 bits per heavy atom. The summed E-state index contributed by atoms with van der Waals surface area (Å²) in [6.07, 6.45) is 6.08. The van der Waals surface area contributed by atoms with E-state index in [0.717, 1.165) is 0 Å². The highest BCUT2D eigenvalue weighted by Crippen LogP contribution is 2.26. The van der Waals surface area contributed by atoms with Crippen molar-refractivity contribution in [1.82, 2.24) is 0 Å². The van der Waals surface area contributed by atoms with Crippen LogP contribution in [0.5, 0.6) is 0 Å². The first kappa shape index (κ1) is 16.7. The molecule has 2 aromatic carbocycles. The Hall–Kier alpha value is -1.13. The van der Waals surface area contributed by atoms with Gasteiger partial charge in [-0.3, -0.25) is 0 Å². The molecule has 0 saturated carbocycles. The molecule has 2 heteroatoms. The zero-order valence-corrected chi connectivity index (χ0v) is 15.8. The van der Waals surface area contributed by atoms with Gasteiger partial charge in [0.2, 0.25) is 0 Å². The van der Waals surface area contributed by atoms with Crippen LogP contribution in [0.15, 0.2) is 66.2 Å². The van der Waals surface area contributed by atoms with Crippen molar-refractivity contribution >= 4 is 28.7 Å². The molecule has 0 unspecified atom stereocenters. The summed E-state index contributed by atoms with van der Waals surface area (Å²) in [5, 5.41) is 0. The third-order valence-corrected chi connectivity index (χ3v) is 6.40. The lowest BCUT2D eigenvalue weighted by atomic mass is 9.98. The second kappa shape index (κ2) is 8.11. The van der Waals surface area contributed by atoms with E-state index in [0.29, 0.717) is 0 Å². The first-order chi connectivity index (χ1) is 11.3. The van der Waals surface area contributed by atoms with E-state index in [9.17, 15) is 0 Å². The molecule has 2 aromatic rings. The van der Waals surface area contributed by atoms with E-state index < -0.39 is 0 Å². The van der Waals surface area contributed by atoms with Crippen molar-refractivity contribution in [3.63, 3.8) is 0 Å². The number of halogens is 1. The average molecular weight is 418 g/mol. The molecule has 0 aliphatic carbocycles. The Labute approximate surface area is 153 Å². The largest absolute Gasteiger partial charge is 0.315 e. The van der Waals surface area contributed by atoms with Gasteiger partial charge in [-0.25, -0.2) is 0 Å². The molecule has 1 heterocycles. The Bertz CT molecular complexity index is 623. The predicted molar refractivity (Wildman–Crippen MR) is 108 cm³/mol. The van der Waals surface area contributed by atoms with Crippen molar-refractivity contribution in [3.8, 4) is 0 Å². The standard InChI is InChI=1S/C21H25IN/c22-18-23(14-11-19-7-3-1-4-8-19)15-12-21(13-16-23)17-20-9-5-2-6-10-20/h1-10,17H,11-16,18H2/q+1. The van der Waals surface area contributed by atoms with Crippen LogP contribution >= 0.6 is 22.6 Å². The molecule has 0 N–H and O–H groups in total. The Kier molecular flexibility index (Phi) is 5.90. The minimum Gasteiger partial charge on any atom is -0.315 e. The van der Waals surface area contributed by atoms with Gasteiger partial charge in [0.05, 0.1) is 19.6 Å². The minimum absolute atomic E-state index is 1.20. The molecule has 1 nitrogen and oxygen atoms in total.